The van der Waals surface area contributed by atoms with Crippen molar-refractivity contribution in [2.75, 3.05) is 7.11 Å². The van der Waals surface area contributed by atoms with E-state index in [1.807, 2.05) is 22.8 Å². The van der Waals surface area contributed by atoms with E-state index in [9.17, 15) is 0 Å². The molecule has 0 aliphatic heterocycles. The second-order valence-corrected chi connectivity index (χ2v) is 3.98. The van der Waals surface area contributed by atoms with E-state index in [0.29, 0.717) is 12.5 Å². The predicted octanol–water partition coefficient (Wildman–Crippen LogP) is 2.60. The van der Waals surface area contributed by atoms with Gasteiger partial charge in [-0.15, -0.1) is 0 Å². The standard InChI is InChI=1S/C12H16N2O/c1-9(2)12-10(8-15-3)11-6-4-5-7-14(11)13-12/h4-7,9H,8H2,1-3H3. The molecule has 2 rings (SSSR count). The van der Waals surface area contributed by atoms with Crippen molar-refractivity contribution < 1.29 is 4.74 Å². The van der Waals surface area contributed by atoms with Gasteiger partial charge in [0, 0.05) is 18.9 Å². The number of methoxy groups -OCH3 is 1. The van der Waals surface area contributed by atoms with Crippen molar-refractivity contribution in [1.82, 2.24) is 9.61 Å². The Morgan fingerprint density at radius 3 is 2.87 bits per heavy atom. The highest BCUT2D eigenvalue weighted by atomic mass is 16.5. The summed E-state index contributed by atoms with van der Waals surface area (Å²) in [6, 6.07) is 6.09. The summed E-state index contributed by atoms with van der Waals surface area (Å²) < 4.78 is 7.15. The van der Waals surface area contributed by atoms with Crippen LogP contribution in [-0.4, -0.2) is 16.7 Å². The second-order valence-electron chi connectivity index (χ2n) is 3.98. The minimum Gasteiger partial charge on any atom is -0.380 e. The average molecular weight is 204 g/mol. The van der Waals surface area contributed by atoms with Gasteiger partial charge in [0.25, 0.3) is 0 Å². The first kappa shape index (κ1) is 10.2. The number of aromatic nitrogens is 2. The summed E-state index contributed by atoms with van der Waals surface area (Å²) in [5, 5.41) is 4.57. The third kappa shape index (κ3) is 1.75. The van der Waals surface area contributed by atoms with Crippen LogP contribution in [0, 0.1) is 0 Å². The molecule has 0 atom stereocenters. The summed E-state index contributed by atoms with van der Waals surface area (Å²) in [4.78, 5) is 0. The van der Waals surface area contributed by atoms with E-state index in [-0.39, 0.29) is 0 Å². The van der Waals surface area contributed by atoms with Gasteiger partial charge in [-0.05, 0) is 18.1 Å². The summed E-state index contributed by atoms with van der Waals surface area (Å²) >= 11 is 0. The summed E-state index contributed by atoms with van der Waals surface area (Å²) in [5.41, 5.74) is 3.47. The maximum absolute atomic E-state index is 5.23. The molecular weight excluding hydrogens is 188 g/mol. The fourth-order valence-corrected chi connectivity index (χ4v) is 1.82. The molecule has 0 aliphatic carbocycles. The molecule has 0 radical (unpaired) electrons. The minimum atomic E-state index is 0.426. The molecule has 0 amide bonds. The van der Waals surface area contributed by atoms with Crippen LogP contribution in [0.15, 0.2) is 24.4 Å². The molecule has 80 valence electrons. The monoisotopic (exact) mass is 204 g/mol. The van der Waals surface area contributed by atoms with Crippen LogP contribution < -0.4 is 0 Å². The Hall–Kier alpha value is -1.35. The van der Waals surface area contributed by atoms with Gasteiger partial charge in [0.1, 0.15) is 0 Å². The Morgan fingerprint density at radius 1 is 1.40 bits per heavy atom. The van der Waals surface area contributed by atoms with E-state index in [1.54, 1.807) is 7.11 Å². The average Bonchev–Trinajstić information content (AvgIpc) is 2.58. The molecule has 0 N–H and O–H groups in total. The fourth-order valence-electron chi connectivity index (χ4n) is 1.82. The van der Waals surface area contributed by atoms with Crippen molar-refractivity contribution in [3.05, 3.63) is 35.7 Å². The molecule has 15 heavy (non-hydrogen) atoms. The lowest BCUT2D eigenvalue weighted by molar-refractivity contribution is 0.185. The quantitative estimate of drug-likeness (QED) is 0.768. The highest BCUT2D eigenvalue weighted by Crippen LogP contribution is 2.23. The number of hydrogen-bond acceptors (Lipinski definition) is 2. The van der Waals surface area contributed by atoms with E-state index >= 15 is 0 Å². The normalized spacial score (nSPS) is 11.5. The number of hydrogen-bond donors (Lipinski definition) is 0. The first-order valence-electron chi connectivity index (χ1n) is 5.19. The molecule has 3 heteroatoms. The minimum absolute atomic E-state index is 0.426. The zero-order chi connectivity index (χ0) is 10.8. The lowest BCUT2D eigenvalue weighted by atomic mass is 10.1. The third-order valence-electron chi connectivity index (χ3n) is 2.51. The van der Waals surface area contributed by atoms with Gasteiger partial charge in [0.15, 0.2) is 0 Å². The lowest BCUT2D eigenvalue weighted by Crippen LogP contribution is -1.95. The van der Waals surface area contributed by atoms with Gasteiger partial charge in [-0.2, -0.15) is 5.10 Å². The number of rotatable bonds is 3. The maximum Gasteiger partial charge on any atom is 0.0752 e. The first-order valence-corrected chi connectivity index (χ1v) is 5.19. The molecule has 0 aromatic carbocycles. The van der Waals surface area contributed by atoms with Crippen LogP contribution >= 0.6 is 0 Å². The highest BCUT2D eigenvalue weighted by Gasteiger charge is 2.14. The molecule has 0 unspecified atom stereocenters. The van der Waals surface area contributed by atoms with Crippen molar-refractivity contribution in [2.24, 2.45) is 0 Å². The van der Waals surface area contributed by atoms with Crippen LogP contribution in [0.5, 0.6) is 0 Å². The SMILES string of the molecule is COCc1c(C(C)C)nn2ccccc12. The molecular formula is C12H16N2O. The maximum atomic E-state index is 5.23. The van der Waals surface area contributed by atoms with Gasteiger partial charge >= 0.3 is 0 Å². The summed E-state index contributed by atoms with van der Waals surface area (Å²) in [5.74, 6) is 0.426. The molecule has 3 nitrogen and oxygen atoms in total. The first-order chi connectivity index (χ1) is 7.24. The van der Waals surface area contributed by atoms with Crippen LogP contribution in [0.1, 0.15) is 31.0 Å². The van der Waals surface area contributed by atoms with Crippen LogP contribution in [-0.2, 0) is 11.3 Å². The number of fused-ring (bicyclic) bond motifs is 1. The third-order valence-corrected chi connectivity index (χ3v) is 2.51. The summed E-state index contributed by atoms with van der Waals surface area (Å²) in [6.45, 7) is 4.93. The molecule has 2 heterocycles. The van der Waals surface area contributed by atoms with Crippen molar-refractivity contribution in [2.45, 2.75) is 26.4 Å². The van der Waals surface area contributed by atoms with Crippen LogP contribution in [0.25, 0.3) is 5.52 Å². The Balaban J connectivity index is 2.63. The van der Waals surface area contributed by atoms with Crippen LogP contribution in [0.4, 0.5) is 0 Å². The topological polar surface area (TPSA) is 26.5 Å². The summed E-state index contributed by atoms with van der Waals surface area (Å²) in [6.07, 6.45) is 1.97. The number of nitrogens with zero attached hydrogens (tertiary/aromatic N) is 2. The molecule has 0 spiro atoms. The lowest BCUT2D eigenvalue weighted by Gasteiger charge is -2.03. The Labute approximate surface area is 89.7 Å². The molecule has 0 saturated heterocycles. The van der Waals surface area contributed by atoms with Gasteiger partial charge in [0.2, 0.25) is 0 Å². The second kappa shape index (κ2) is 4.03. The molecule has 2 aromatic heterocycles. The van der Waals surface area contributed by atoms with Gasteiger partial charge in [-0.25, -0.2) is 4.52 Å². The molecule has 0 bridgehead atoms. The Kier molecular flexibility index (Phi) is 2.73. The molecule has 0 aliphatic rings. The van der Waals surface area contributed by atoms with Gasteiger partial charge in [0.05, 0.1) is 17.8 Å². The van der Waals surface area contributed by atoms with E-state index in [4.69, 9.17) is 4.74 Å². The molecule has 2 aromatic rings. The predicted molar refractivity (Wildman–Crippen MR) is 60.0 cm³/mol. The van der Waals surface area contributed by atoms with Crippen molar-refractivity contribution in [3.63, 3.8) is 0 Å². The van der Waals surface area contributed by atoms with Crippen molar-refractivity contribution in [1.29, 1.82) is 0 Å². The van der Waals surface area contributed by atoms with Crippen LogP contribution in [0.3, 0.4) is 0 Å². The number of ether oxygens (including phenoxy) is 1. The number of pyridine rings is 1. The van der Waals surface area contributed by atoms with E-state index < -0.39 is 0 Å². The molecule has 0 fully saturated rings. The Bertz CT molecular complexity index is 460. The zero-order valence-electron chi connectivity index (χ0n) is 9.40. The van der Waals surface area contributed by atoms with E-state index in [2.05, 4.69) is 25.0 Å². The fraction of sp³-hybridized carbons (Fsp3) is 0.417. The zero-order valence-corrected chi connectivity index (χ0v) is 9.40. The van der Waals surface area contributed by atoms with Gasteiger partial charge in [-0.1, -0.05) is 19.9 Å². The van der Waals surface area contributed by atoms with E-state index in [1.165, 1.54) is 5.56 Å². The van der Waals surface area contributed by atoms with Crippen LogP contribution in [0.2, 0.25) is 0 Å². The van der Waals surface area contributed by atoms with Crippen molar-refractivity contribution >= 4 is 5.52 Å². The largest absolute Gasteiger partial charge is 0.380 e. The smallest absolute Gasteiger partial charge is 0.0752 e. The van der Waals surface area contributed by atoms with Gasteiger partial charge < -0.3 is 4.74 Å². The van der Waals surface area contributed by atoms with Crippen molar-refractivity contribution in [3.8, 4) is 0 Å². The highest BCUT2D eigenvalue weighted by molar-refractivity contribution is 5.56. The molecule has 0 saturated carbocycles. The Morgan fingerprint density at radius 2 is 2.20 bits per heavy atom. The van der Waals surface area contributed by atoms with Gasteiger partial charge in [-0.3, -0.25) is 0 Å². The van der Waals surface area contributed by atoms with E-state index in [0.717, 1.165) is 11.2 Å². The summed E-state index contributed by atoms with van der Waals surface area (Å²) in [7, 11) is 1.72.